The first-order valence-corrected chi connectivity index (χ1v) is 7.34. The molecule has 0 fully saturated rings. The molecule has 3 heteroatoms. The maximum absolute atomic E-state index is 5.79. The van der Waals surface area contributed by atoms with E-state index in [1.54, 1.807) is 0 Å². The zero-order chi connectivity index (χ0) is 15.1. The van der Waals surface area contributed by atoms with Gasteiger partial charge in [-0.1, -0.05) is 36.4 Å². The number of hydrogen-bond acceptors (Lipinski definition) is 3. The topological polar surface area (TPSA) is 38.5 Å². The highest BCUT2D eigenvalue weighted by Crippen LogP contribution is 2.13. The summed E-state index contributed by atoms with van der Waals surface area (Å²) >= 11 is 0. The van der Waals surface area contributed by atoms with E-state index in [1.807, 2.05) is 24.3 Å². The summed E-state index contributed by atoms with van der Waals surface area (Å²) in [7, 11) is 2.12. The van der Waals surface area contributed by atoms with Crippen LogP contribution in [0.3, 0.4) is 0 Å². The van der Waals surface area contributed by atoms with Crippen LogP contribution >= 0.6 is 0 Å². The highest BCUT2D eigenvalue weighted by molar-refractivity contribution is 5.28. The van der Waals surface area contributed by atoms with Crippen molar-refractivity contribution in [1.29, 1.82) is 0 Å². The van der Waals surface area contributed by atoms with Gasteiger partial charge in [-0.15, -0.1) is 0 Å². The van der Waals surface area contributed by atoms with E-state index in [2.05, 4.69) is 43.1 Å². The maximum atomic E-state index is 5.79. The highest BCUT2D eigenvalue weighted by Gasteiger charge is 2.03. The van der Waals surface area contributed by atoms with Crippen LogP contribution in [0.2, 0.25) is 0 Å². The molecule has 0 unspecified atom stereocenters. The van der Waals surface area contributed by atoms with Crippen molar-refractivity contribution in [3.05, 3.63) is 65.2 Å². The summed E-state index contributed by atoms with van der Waals surface area (Å²) in [5.41, 5.74) is 9.43. The SMILES string of the molecule is Cc1ccccc1CN(C)CCOc1cccc(CN)c1. The van der Waals surface area contributed by atoms with Gasteiger partial charge in [-0.25, -0.2) is 0 Å². The molecule has 0 aromatic heterocycles. The van der Waals surface area contributed by atoms with Crippen molar-refractivity contribution in [2.75, 3.05) is 20.2 Å². The van der Waals surface area contributed by atoms with Crippen molar-refractivity contribution in [2.24, 2.45) is 5.73 Å². The van der Waals surface area contributed by atoms with E-state index in [-0.39, 0.29) is 0 Å². The number of hydrogen-bond donors (Lipinski definition) is 1. The van der Waals surface area contributed by atoms with Gasteiger partial charge in [-0.05, 0) is 42.8 Å². The molecule has 0 saturated heterocycles. The van der Waals surface area contributed by atoms with Gasteiger partial charge < -0.3 is 10.5 Å². The Kier molecular flexibility index (Phi) is 5.78. The number of rotatable bonds is 7. The zero-order valence-corrected chi connectivity index (χ0v) is 12.9. The lowest BCUT2D eigenvalue weighted by Crippen LogP contribution is -2.24. The summed E-state index contributed by atoms with van der Waals surface area (Å²) < 4.78 is 5.79. The molecule has 0 bridgehead atoms. The molecule has 2 rings (SSSR count). The van der Waals surface area contributed by atoms with Crippen molar-refractivity contribution in [1.82, 2.24) is 4.90 Å². The summed E-state index contributed by atoms with van der Waals surface area (Å²) in [4.78, 5) is 2.27. The van der Waals surface area contributed by atoms with Crippen LogP contribution in [0.4, 0.5) is 0 Å². The molecule has 3 nitrogen and oxygen atoms in total. The predicted molar refractivity (Wildman–Crippen MR) is 87.3 cm³/mol. The van der Waals surface area contributed by atoms with E-state index in [9.17, 15) is 0 Å². The summed E-state index contributed by atoms with van der Waals surface area (Å²) in [6.45, 7) is 5.21. The monoisotopic (exact) mass is 284 g/mol. The number of aryl methyl sites for hydroxylation is 1. The van der Waals surface area contributed by atoms with Crippen molar-refractivity contribution in [3.8, 4) is 5.75 Å². The fraction of sp³-hybridized carbons (Fsp3) is 0.333. The average Bonchev–Trinajstić information content (AvgIpc) is 2.50. The number of nitrogens with two attached hydrogens (primary N) is 1. The second-order valence-electron chi connectivity index (χ2n) is 5.36. The number of ether oxygens (including phenoxy) is 1. The number of benzene rings is 2. The largest absolute Gasteiger partial charge is 0.492 e. The Hall–Kier alpha value is -1.84. The normalized spacial score (nSPS) is 10.9. The van der Waals surface area contributed by atoms with E-state index < -0.39 is 0 Å². The second kappa shape index (κ2) is 7.81. The van der Waals surface area contributed by atoms with Crippen molar-refractivity contribution < 1.29 is 4.74 Å². The van der Waals surface area contributed by atoms with Crippen LogP contribution in [0.15, 0.2) is 48.5 Å². The Balaban J connectivity index is 1.79. The van der Waals surface area contributed by atoms with Crippen LogP contribution in [0.5, 0.6) is 5.75 Å². The quantitative estimate of drug-likeness (QED) is 0.849. The summed E-state index contributed by atoms with van der Waals surface area (Å²) in [6, 6.07) is 16.5. The van der Waals surface area contributed by atoms with Gasteiger partial charge in [0.05, 0.1) is 0 Å². The van der Waals surface area contributed by atoms with Gasteiger partial charge >= 0.3 is 0 Å². The van der Waals surface area contributed by atoms with Crippen molar-refractivity contribution >= 4 is 0 Å². The third-order valence-electron chi connectivity index (χ3n) is 3.58. The van der Waals surface area contributed by atoms with Crippen LogP contribution in [-0.4, -0.2) is 25.1 Å². The summed E-state index contributed by atoms with van der Waals surface area (Å²) in [6.07, 6.45) is 0. The van der Waals surface area contributed by atoms with Crippen LogP contribution < -0.4 is 10.5 Å². The fourth-order valence-electron chi connectivity index (χ4n) is 2.24. The first kappa shape index (κ1) is 15.5. The molecular weight excluding hydrogens is 260 g/mol. The molecule has 0 aliphatic rings. The molecular formula is C18H24N2O. The first-order valence-electron chi connectivity index (χ1n) is 7.34. The molecule has 2 aromatic rings. The highest BCUT2D eigenvalue weighted by atomic mass is 16.5. The Morgan fingerprint density at radius 3 is 2.67 bits per heavy atom. The van der Waals surface area contributed by atoms with Crippen LogP contribution in [-0.2, 0) is 13.1 Å². The van der Waals surface area contributed by atoms with Gasteiger partial charge in [0.15, 0.2) is 0 Å². The Morgan fingerprint density at radius 2 is 1.90 bits per heavy atom. The Morgan fingerprint density at radius 1 is 1.10 bits per heavy atom. The van der Waals surface area contributed by atoms with E-state index in [0.717, 1.165) is 24.4 Å². The lowest BCUT2D eigenvalue weighted by atomic mass is 10.1. The minimum absolute atomic E-state index is 0.546. The van der Waals surface area contributed by atoms with E-state index in [0.29, 0.717) is 13.2 Å². The van der Waals surface area contributed by atoms with Crippen molar-refractivity contribution in [2.45, 2.75) is 20.0 Å². The van der Waals surface area contributed by atoms with Gasteiger partial charge in [0.1, 0.15) is 12.4 Å². The fourth-order valence-corrected chi connectivity index (χ4v) is 2.24. The first-order chi connectivity index (χ1) is 10.2. The summed E-state index contributed by atoms with van der Waals surface area (Å²) in [5.74, 6) is 0.891. The minimum Gasteiger partial charge on any atom is -0.492 e. The third kappa shape index (κ3) is 4.88. The van der Waals surface area contributed by atoms with E-state index in [1.165, 1.54) is 11.1 Å². The molecule has 0 saturated carbocycles. The molecule has 0 atom stereocenters. The minimum atomic E-state index is 0.546. The zero-order valence-electron chi connectivity index (χ0n) is 12.9. The number of nitrogens with zero attached hydrogens (tertiary/aromatic N) is 1. The molecule has 2 N–H and O–H groups in total. The molecule has 0 heterocycles. The van der Waals surface area contributed by atoms with Gasteiger partial charge in [-0.2, -0.15) is 0 Å². The van der Waals surface area contributed by atoms with Crippen molar-refractivity contribution in [3.63, 3.8) is 0 Å². The molecule has 0 aliphatic heterocycles. The lowest BCUT2D eigenvalue weighted by Gasteiger charge is -2.18. The van der Waals surface area contributed by atoms with E-state index >= 15 is 0 Å². The van der Waals surface area contributed by atoms with Gasteiger partial charge in [0, 0.05) is 19.6 Å². The van der Waals surface area contributed by atoms with Gasteiger partial charge in [0.2, 0.25) is 0 Å². The molecule has 0 amide bonds. The summed E-state index contributed by atoms with van der Waals surface area (Å²) in [5, 5.41) is 0. The maximum Gasteiger partial charge on any atom is 0.119 e. The molecule has 2 aromatic carbocycles. The molecule has 21 heavy (non-hydrogen) atoms. The molecule has 0 radical (unpaired) electrons. The van der Waals surface area contributed by atoms with Crippen LogP contribution in [0.1, 0.15) is 16.7 Å². The van der Waals surface area contributed by atoms with Gasteiger partial charge in [0.25, 0.3) is 0 Å². The average molecular weight is 284 g/mol. The Bertz CT molecular complexity index is 569. The lowest BCUT2D eigenvalue weighted by molar-refractivity contribution is 0.232. The second-order valence-corrected chi connectivity index (χ2v) is 5.36. The van der Waals surface area contributed by atoms with Crippen LogP contribution in [0.25, 0.3) is 0 Å². The van der Waals surface area contributed by atoms with E-state index in [4.69, 9.17) is 10.5 Å². The standard InChI is InChI=1S/C18H24N2O/c1-15-6-3-4-8-17(15)14-20(2)10-11-21-18-9-5-7-16(12-18)13-19/h3-9,12H,10-11,13-14,19H2,1-2H3. The van der Waals surface area contributed by atoms with Gasteiger partial charge in [-0.3, -0.25) is 4.90 Å². The predicted octanol–water partition coefficient (Wildman–Crippen LogP) is 2.96. The number of likely N-dealkylation sites (N-methyl/N-ethyl adjacent to an activating group) is 1. The van der Waals surface area contributed by atoms with Crippen LogP contribution in [0, 0.1) is 6.92 Å². The third-order valence-corrected chi connectivity index (χ3v) is 3.58. The smallest absolute Gasteiger partial charge is 0.119 e. The Labute approximate surface area is 127 Å². The molecule has 112 valence electrons. The molecule has 0 spiro atoms. The molecule has 0 aliphatic carbocycles.